The monoisotopic (exact) mass is 250 g/mol. The Hall–Kier alpha value is -1.11. The van der Waals surface area contributed by atoms with Gasteiger partial charge in [-0.15, -0.1) is 0 Å². The highest BCUT2D eigenvalue weighted by Crippen LogP contribution is 2.35. The van der Waals surface area contributed by atoms with Crippen LogP contribution in [-0.4, -0.2) is 45.1 Å². The molecule has 0 unspecified atom stereocenters. The number of rotatable bonds is 4. The molecule has 0 aliphatic carbocycles. The first-order chi connectivity index (χ1) is 7.38. The molecule has 0 amide bonds. The van der Waals surface area contributed by atoms with E-state index < -0.39 is 38.7 Å². The zero-order valence-electron chi connectivity index (χ0n) is 9.19. The Morgan fingerprint density at radius 2 is 1.44 bits per heavy atom. The van der Waals surface area contributed by atoms with Crippen LogP contribution in [0.5, 0.6) is 0 Å². The molecule has 0 aromatic heterocycles. The maximum Gasteiger partial charge on any atom is 0.325 e. The number of hydrogen-bond acceptors (Lipinski definition) is 6. The zero-order valence-corrected chi connectivity index (χ0v) is 10.0. The van der Waals surface area contributed by atoms with E-state index in [0.717, 1.165) is 0 Å². The summed E-state index contributed by atoms with van der Waals surface area (Å²) in [5.74, 6) is -2.67. The average Bonchev–Trinajstić information content (AvgIpc) is 2.14. The molecule has 0 aromatic carbocycles. The molecule has 0 bridgehead atoms. The number of esters is 2. The fourth-order valence-electron chi connectivity index (χ4n) is 1.57. The Morgan fingerprint density at radius 1 is 1.06 bits per heavy atom. The molecule has 0 N–H and O–H groups in total. The molecule has 0 saturated carbocycles. The van der Waals surface area contributed by atoms with Crippen molar-refractivity contribution >= 4 is 21.8 Å². The largest absolute Gasteiger partial charge is 0.465 e. The van der Waals surface area contributed by atoms with Crippen LogP contribution in [0.15, 0.2) is 0 Å². The molecule has 1 aliphatic heterocycles. The van der Waals surface area contributed by atoms with Crippen molar-refractivity contribution in [3.8, 4) is 0 Å². The van der Waals surface area contributed by atoms with E-state index in [-0.39, 0.29) is 13.2 Å². The van der Waals surface area contributed by atoms with Gasteiger partial charge in [0.05, 0.1) is 24.7 Å². The van der Waals surface area contributed by atoms with Crippen molar-refractivity contribution in [1.29, 1.82) is 0 Å². The van der Waals surface area contributed by atoms with Crippen LogP contribution in [0.4, 0.5) is 0 Å². The second-order valence-electron chi connectivity index (χ2n) is 3.56. The molecular weight excluding hydrogens is 236 g/mol. The van der Waals surface area contributed by atoms with Gasteiger partial charge < -0.3 is 9.47 Å². The minimum Gasteiger partial charge on any atom is -0.465 e. The molecule has 0 atom stereocenters. The van der Waals surface area contributed by atoms with Gasteiger partial charge in [-0.2, -0.15) is 0 Å². The van der Waals surface area contributed by atoms with E-state index in [9.17, 15) is 18.0 Å². The first-order valence-electron chi connectivity index (χ1n) is 4.93. The highest BCUT2D eigenvalue weighted by Gasteiger charge is 2.62. The molecule has 1 aliphatic rings. The van der Waals surface area contributed by atoms with Gasteiger partial charge in [-0.1, -0.05) is 0 Å². The fraction of sp³-hybridized carbons (Fsp3) is 0.778. The Bertz CT molecular complexity index is 364. The van der Waals surface area contributed by atoms with Crippen LogP contribution in [0.2, 0.25) is 0 Å². The molecule has 1 fully saturated rings. The van der Waals surface area contributed by atoms with E-state index in [2.05, 4.69) is 0 Å². The van der Waals surface area contributed by atoms with Crippen LogP contribution >= 0.6 is 0 Å². The summed E-state index contributed by atoms with van der Waals surface area (Å²) < 4.78 is 31.6. The highest BCUT2D eigenvalue weighted by atomic mass is 32.2. The van der Waals surface area contributed by atoms with Crippen LogP contribution in [0.3, 0.4) is 0 Å². The summed E-state index contributed by atoms with van der Waals surface area (Å²) >= 11 is 0. The topological polar surface area (TPSA) is 86.7 Å². The van der Waals surface area contributed by atoms with Crippen molar-refractivity contribution in [2.45, 2.75) is 13.8 Å². The third kappa shape index (κ3) is 2.18. The molecule has 1 rings (SSSR count). The predicted octanol–water partition coefficient (Wildman–Crippen LogP) is -0.473. The van der Waals surface area contributed by atoms with E-state index >= 15 is 0 Å². The summed E-state index contributed by atoms with van der Waals surface area (Å²) in [4.78, 5) is 23.1. The van der Waals surface area contributed by atoms with Gasteiger partial charge in [0.2, 0.25) is 0 Å². The van der Waals surface area contributed by atoms with Gasteiger partial charge in [-0.25, -0.2) is 8.42 Å². The number of ether oxygens (including phenoxy) is 2. The van der Waals surface area contributed by atoms with Gasteiger partial charge in [0.15, 0.2) is 15.3 Å². The van der Waals surface area contributed by atoms with Crippen molar-refractivity contribution in [3.05, 3.63) is 0 Å². The number of hydrogen-bond donors (Lipinski definition) is 0. The SMILES string of the molecule is CCOC(=O)C1(C(=O)OCC)CS(=O)(=O)C1. The Labute approximate surface area is 93.8 Å². The molecule has 92 valence electrons. The van der Waals surface area contributed by atoms with E-state index in [4.69, 9.17) is 9.47 Å². The lowest BCUT2D eigenvalue weighted by molar-refractivity contribution is -0.169. The van der Waals surface area contributed by atoms with Gasteiger partial charge >= 0.3 is 11.9 Å². The van der Waals surface area contributed by atoms with Gasteiger partial charge in [-0.05, 0) is 13.8 Å². The number of carbonyl (C=O) groups is 2. The summed E-state index contributed by atoms with van der Waals surface area (Å²) in [5, 5.41) is 0. The molecule has 16 heavy (non-hydrogen) atoms. The maximum absolute atomic E-state index is 11.6. The van der Waals surface area contributed by atoms with Gasteiger partial charge in [0.25, 0.3) is 0 Å². The predicted molar refractivity (Wildman–Crippen MR) is 54.4 cm³/mol. The second kappa shape index (κ2) is 4.40. The number of carbonyl (C=O) groups excluding carboxylic acids is 2. The zero-order chi connectivity index (χ0) is 12.4. The van der Waals surface area contributed by atoms with Gasteiger partial charge in [-0.3, -0.25) is 9.59 Å². The van der Waals surface area contributed by atoms with E-state index in [1.54, 1.807) is 13.8 Å². The van der Waals surface area contributed by atoms with Crippen LogP contribution < -0.4 is 0 Å². The van der Waals surface area contributed by atoms with E-state index in [1.165, 1.54) is 0 Å². The first kappa shape index (κ1) is 13.0. The van der Waals surface area contributed by atoms with Gasteiger partial charge in [0.1, 0.15) is 0 Å². The Morgan fingerprint density at radius 3 is 1.69 bits per heavy atom. The molecule has 0 radical (unpaired) electrons. The van der Waals surface area contributed by atoms with E-state index in [0.29, 0.717) is 0 Å². The quantitative estimate of drug-likeness (QED) is 0.495. The van der Waals surface area contributed by atoms with Crippen LogP contribution in [0.25, 0.3) is 0 Å². The summed E-state index contributed by atoms with van der Waals surface area (Å²) in [6.45, 7) is 3.37. The summed E-state index contributed by atoms with van der Waals surface area (Å²) in [6.07, 6.45) is 0. The molecule has 7 heteroatoms. The van der Waals surface area contributed by atoms with Gasteiger partial charge in [0, 0.05) is 0 Å². The van der Waals surface area contributed by atoms with Crippen LogP contribution in [-0.2, 0) is 28.9 Å². The average molecular weight is 250 g/mol. The van der Waals surface area contributed by atoms with Crippen molar-refractivity contribution in [2.75, 3.05) is 24.7 Å². The summed E-state index contributed by atoms with van der Waals surface area (Å²) in [6, 6.07) is 0. The van der Waals surface area contributed by atoms with Crippen molar-refractivity contribution in [2.24, 2.45) is 5.41 Å². The lowest BCUT2D eigenvalue weighted by Crippen LogP contribution is -2.60. The van der Waals surface area contributed by atoms with Crippen LogP contribution in [0, 0.1) is 5.41 Å². The maximum atomic E-state index is 11.6. The lowest BCUT2D eigenvalue weighted by atomic mass is 9.92. The molecular formula is C9H14O6S. The summed E-state index contributed by atoms with van der Waals surface area (Å²) in [7, 11) is -3.32. The van der Waals surface area contributed by atoms with Crippen molar-refractivity contribution in [1.82, 2.24) is 0 Å². The minimum atomic E-state index is -3.32. The highest BCUT2D eigenvalue weighted by molar-refractivity contribution is 7.93. The van der Waals surface area contributed by atoms with Crippen molar-refractivity contribution < 1.29 is 27.5 Å². The third-order valence-corrected chi connectivity index (χ3v) is 4.13. The van der Waals surface area contributed by atoms with E-state index in [1.807, 2.05) is 0 Å². The standard InChI is InChI=1S/C9H14O6S/c1-3-14-7(10)9(8(11)15-4-2)5-16(12,13)6-9/h3-6H2,1-2H3. The minimum absolute atomic E-state index is 0.0973. The van der Waals surface area contributed by atoms with Crippen LogP contribution in [0.1, 0.15) is 13.8 Å². The third-order valence-electron chi connectivity index (χ3n) is 2.26. The smallest absolute Gasteiger partial charge is 0.325 e. The Kier molecular flexibility index (Phi) is 3.57. The molecule has 1 heterocycles. The molecule has 1 saturated heterocycles. The first-order valence-corrected chi connectivity index (χ1v) is 6.75. The fourth-order valence-corrected chi connectivity index (χ4v) is 3.45. The second-order valence-corrected chi connectivity index (χ2v) is 5.62. The summed E-state index contributed by atoms with van der Waals surface area (Å²) in [5.41, 5.74) is -1.63. The molecule has 0 spiro atoms. The lowest BCUT2D eigenvalue weighted by Gasteiger charge is -2.35. The normalized spacial score (nSPS) is 20.6. The molecule has 0 aromatic rings. The molecule has 6 nitrogen and oxygen atoms in total. The van der Waals surface area contributed by atoms with Crippen molar-refractivity contribution in [3.63, 3.8) is 0 Å². The number of sulfone groups is 1. The Balaban J connectivity index is 2.88.